The number of hydrogen-bond donors (Lipinski definition) is 1. The Morgan fingerprint density at radius 2 is 1.97 bits per heavy atom. The first-order valence-electron chi connectivity index (χ1n) is 12.3. The third kappa shape index (κ3) is 4.83. The molecule has 3 heterocycles. The smallest absolute Gasteiger partial charge is 0.0450 e. The minimum atomic E-state index is 0.220. The highest BCUT2D eigenvalue weighted by Gasteiger charge is 2.30. The van der Waals surface area contributed by atoms with Gasteiger partial charge in [-0.05, 0) is 78.2 Å². The largest absolute Gasteiger partial charge is 0.327 e. The molecule has 1 aromatic carbocycles. The molecule has 0 amide bonds. The summed E-state index contributed by atoms with van der Waals surface area (Å²) in [5.74, 6) is 0.999. The van der Waals surface area contributed by atoms with Gasteiger partial charge < -0.3 is 5.73 Å². The summed E-state index contributed by atoms with van der Waals surface area (Å²) in [6.07, 6.45) is 13.2. The fourth-order valence-electron chi connectivity index (χ4n) is 5.71. The molecule has 2 atom stereocenters. The van der Waals surface area contributed by atoms with Crippen LogP contribution in [0.3, 0.4) is 0 Å². The molecule has 2 aliphatic rings. The lowest BCUT2D eigenvalue weighted by Gasteiger charge is -2.35. The van der Waals surface area contributed by atoms with Crippen LogP contribution in [0.4, 0.5) is 0 Å². The highest BCUT2D eigenvalue weighted by atomic mass is 32.1. The molecule has 5 rings (SSSR count). The summed E-state index contributed by atoms with van der Waals surface area (Å²) in [6.45, 7) is 3.25. The number of rotatable bonds is 7. The number of hydrogen-bond acceptors (Lipinski definition) is 4. The van der Waals surface area contributed by atoms with Crippen LogP contribution in [0.5, 0.6) is 0 Å². The first kappa shape index (κ1) is 21.8. The number of pyridine rings is 1. The topological polar surface area (TPSA) is 42.1 Å². The highest BCUT2D eigenvalue weighted by Crippen LogP contribution is 2.35. The van der Waals surface area contributed by atoms with E-state index in [1.807, 2.05) is 23.6 Å². The van der Waals surface area contributed by atoms with Gasteiger partial charge in [-0.3, -0.25) is 9.88 Å². The van der Waals surface area contributed by atoms with Gasteiger partial charge in [-0.2, -0.15) is 0 Å². The maximum Gasteiger partial charge on any atom is 0.0450 e. The molecule has 0 bridgehead atoms. The van der Waals surface area contributed by atoms with Gasteiger partial charge in [0.2, 0.25) is 0 Å². The summed E-state index contributed by atoms with van der Waals surface area (Å²) in [4.78, 5) is 7.32. The molecule has 1 fully saturated rings. The van der Waals surface area contributed by atoms with E-state index in [1.165, 1.54) is 59.0 Å². The highest BCUT2D eigenvalue weighted by molar-refractivity contribution is 7.17. The number of nitrogens with two attached hydrogens (primary N) is 1. The zero-order chi connectivity index (χ0) is 21.8. The first-order chi connectivity index (χ1) is 15.8. The van der Waals surface area contributed by atoms with Crippen molar-refractivity contribution in [2.45, 2.75) is 56.9 Å². The molecule has 3 aromatic rings. The molecular formula is C28H35N3S. The minimum Gasteiger partial charge on any atom is -0.327 e. The van der Waals surface area contributed by atoms with E-state index in [-0.39, 0.29) is 6.04 Å². The van der Waals surface area contributed by atoms with Crippen LogP contribution in [0, 0.1) is 5.92 Å². The lowest BCUT2D eigenvalue weighted by Crippen LogP contribution is -2.40. The summed E-state index contributed by atoms with van der Waals surface area (Å²) >= 11 is 1.86. The lowest BCUT2D eigenvalue weighted by molar-refractivity contribution is 0.239. The van der Waals surface area contributed by atoms with Crippen molar-refractivity contribution in [3.63, 3.8) is 0 Å². The maximum atomic E-state index is 6.91. The monoisotopic (exact) mass is 445 g/mol. The fraction of sp³-hybridized carbons (Fsp3) is 0.464. The summed E-state index contributed by atoms with van der Waals surface area (Å²) in [5.41, 5.74) is 11.0. The van der Waals surface area contributed by atoms with Crippen LogP contribution in [-0.2, 0) is 0 Å². The molecule has 2 N–H and O–H groups in total. The van der Waals surface area contributed by atoms with Gasteiger partial charge in [0.05, 0.1) is 0 Å². The minimum absolute atomic E-state index is 0.220. The van der Waals surface area contributed by atoms with Gasteiger partial charge in [-0.25, -0.2) is 0 Å². The Morgan fingerprint density at radius 1 is 1.06 bits per heavy atom. The molecule has 4 heteroatoms. The van der Waals surface area contributed by atoms with E-state index in [1.54, 1.807) is 0 Å². The average molecular weight is 446 g/mol. The number of fused-ring (bicyclic) bond motifs is 1. The predicted octanol–water partition coefficient (Wildman–Crippen LogP) is 6.47. The number of aromatic nitrogens is 1. The Labute approximate surface area is 196 Å². The van der Waals surface area contributed by atoms with Crippen LogP contribution < -0.4 is 5.73 Å². The second-order valence-corrected chi connectivity index (χ2v) is 10.5. The summed E-state index contributed by atoms with van der Waals surface area (Å²) in [5, 5.41) is 3.57. The Kier molecular flexibility index (Phi) is 7.01. The number of thiophene rings is 1. The number of benzene rings is 1. The summed E-state index contributed by atoms with van der Waals surface area (Å²) < 4.78 is 1.43. The lowest BCUT2D eigenvalue weighted by atomic mass is 9.77. The van der Waals surface area contributed by atoms with Crippen LogP contribution in [0.25, 0.3) is 15.7 Å². The standard InChI is InChI=1S/C28H35N3S/c29-27(22-7-2-1-3-8-22)25(26-11-4-5-16-30-26)14-19-31-17-12-21(13-18-31)24-10-6-9-23-15-20-32-28(23)24/h4-6,9-12,15-16,20,22,25,27H,1-3,7-8,13-14,17-19,29H2. The molecule has 1 aliphatic carbocycles. The van der Waals surface area contributed by atoms with Crippen LogP contribution in [-0.4, -0.2) is 35.6 Å². The fourth-order valence-corrected chi connectivity index (χ4v) is 6.66. The van der Waals surface area contributed by atoms with E-state index in [0.717, 1.165) is 32.5 Å². The molecule has 32 heavy (non-hydrogen) atoms. The Balaban J connectivity index is 1.25. The average Bonchev–Trinajstić information content (AvgIpc) is 3.35. The molecule has 2 unspecified atom stereocenters. The van der Waals surface area contributed by atoms with E-state index < -0.39 is 0 Å². The van der Waals surface area contributed by atoms with Crippen molar-refractivity contribution in [1.82, 2.24) is 9.88 Å². The Bertz CT molecular complexity index is 1040. The molecule has 0 saturated heterocycles. The molecule has 0 spiro atoms. The zero-order valence-corrected chi connectivity index (χ0v) is 19.8. The zero-order valence-electron chi connectivity index (χ0n) is 19.0. The summed E-state index contributed by atoms with van der Waals surface area (Å²) in [6, 6.07) is 15.5. The SMILES string of the molecule is NC(C1CCCCC1)C(CCN1CC=C(c2cccc3ccsc23)CC1)c1ccccn1. The van der Waals surface area contributed by atoms with Gasteiger partial charge in [0.25, 0.3) is 0 Å². The molecule has 168 valence electrons. The van der Waals surface area contributed by atoms with Gasteiger partial charge >= 0.3 is 0 Å². The van der Waals surface area contributed by atoms with Gasteiger partial charge in [0.1, 0.15) is 0 Å². The maximum absolute atomic E-state index is 6.91. The Morgan fingerprint density at radius 3 is 2.75 bits per heavy atom. The van der Waals surface area contributed by atoms with Crippen LogP contribution >= 0.6 is 11.3 Å². The number of nitrogens with zero attached hydrogens (tertiary/aromatic N) is 2. The van der Waals surface area contributed by atoms with Gasteiger partial charge in [0.15, 0.2) is 0 Å². The third-order valence-corrected chi connectivity index (χ3v) is 8.56. The van der Waals surface area contributed by atoms with Crippen LogP contribution in [0.2, 0.25) is 0 Å². The van der Waals surface area contributed by atoms with E-state index in [2.05, 4.69) is 52.8 Å². The van der Waals surface area contributed by atoms with Crippen molar-refractivity contribution in [3.8, 4) is 0 Å². The quantitative estimate of drug-likeness (QED) is 0.453. The van der Waals surface area contributed by atoms with E-state index in [0.29, 0.717) is 11.8 Å². The molecule has 1 aliphatic heterocycles. The third-order valence-electron chi connectivity index (χ3n) is 7.60. The molecule has 2 aromatic heterocycles. The van der Waals surface area contributed by atoms with Crippen molar-refractivity contribution in [1.29, 1.82) is 0 Å². The second-order valence-electron chi connectivity index (χ2n) is 9.55. The van der Waals surface area contributed by atoms with Gasteiger partial charge in [-0.15, -0.1) is 11.3 Å². The van der Waals surface area contributed by atoms with E-state index in [9.17, 15) is 0 Å². The Hall–Kier alpha value is -2.01. The first-order valence-corrected chi connectivity index (χ1v) is 13.2. The summed E-state index contributed by atoms with van der Waals surface area (Å²) in [7, 11) is 0. The van der Waals surface area contributed by atoms with E-state index >= 15 is 0 Å². The predicted molar refractivity (Wildman–Crippen MR) is 137 cm³/mol. The van der Waals surface area contributed by atoms with Crippen molar-refractivity contribution >= 4 is 27.0 Å². The molecule has 1 saturated carbocycles. The second kappa shape index (κ2) is 10.3. The van der Waals surface area contributed by atoms with Gasteiger partial charge in [-0.1, -0.05) is 49.6 Å². The van der Waals surface area contributed by atoms with Crippen LogP contribution in [0.15, 0.2) is 60.1 Å². The molecular weight excluding hydrogens is 410 g/mol. The molecule has 0 radical (unpaired) electrons. The van der Waals surface area contributed by atoms with Crippen LogP contribution in [0.1, 0.15) is 62.1 Å². The normalized spacial score (nSPS) is 20.2. The molecule has 3 nitrogen and oxygen atoms in total. The van der Waals surface area contributed by atoms with Crippen molar-refractivity contribution in [2.24, 2.45) is 11.7 Å². The van der Waals surface area contributed by atoms with Crippen molar-refractivity contribution in [3.05, 3.63) is 71.4 Å². The van der Waals surface area contributed by atoms with E-state index in [4.69, 9.17) is 10.7 Å². The van der Waals surface area contributed by atoms with Gasteiger partial charge in [0, 0.05) is 41.6 Å². The van der Waals surface area contributed by atoms with Crippen molar-refractivity contribution in [2.75, 3.05) is 19.6 Å². The van der Waals surface area contributed by atoms with Crippen molar-refractivity contribution < 1.29 is 0 Å².